The van der Waals surface area contributed by atoms with Crippen molar-refractivity contribution < 1.29 is 47.6 Å². The first kappa shape index (κ1) is 65.9. The van der Waals surface area contributed by atoms with Crippen LogP contribution in [0.4, 0.5) is 11.5 Å². The normalized spacial score (nSPS) is 15.0. The quantitative estimate of drug-likeness (QED) is 0.0324. The van der Waals surface area contributed by atoms with Gasteiger partial charge in [-0.1, -0.05) is 35.9 Å². The summed E-state index contributed by atoms with van der Waals surface area (Å²) in [7, 11) is 5.41. The van der Waals surface area contributed by atoms with Crippen LogP contribution in [0.3, 0.4) is 0 Å². The van der Waals surface area contributed by atoms with Gasteiger partial charge in [-0.15, -0.1) is 21.5 Å². The molecule has 1 saturated heterocycles. The Morgan fingerprint density at radius 3 is 2.13 bits per heavy atom. The van der Waals surface area contributed by atoms with Gasteiger partial charge in [0.2, 0.25) is 17.7 Å². The topological polar surface area (TPSA) is 270 Å². The molecule has 4 amide bonds. The largest absolute Gasteiger partial charge is 0.383 e. The smallest absolute Gasteiger partial charge is 0.277 e. The van der Waals surface area contributed by atoms with E-state index in [1.165, 1.54) is 11.2 Å². The monoisotopic (exact) mass is 1240 g/mol. The van der Waals surface area contributed by atoms with Gasteiger partial charge in [0.25, 0.3) is 5.91 Å². The van der Waals surface area contributed by atoms with Crippen LogP contribution in [0.2, 0.25) is 5.02 Å². The van der Waals surface area contributed by atoms with Gasteiger partial charge in [-0.3, -0.25) is 28.7 Å². The summed E-state index contributed by atoms with van der Waals surface area (Å²) in [5.74, 6) is 0.735. The first-order valence-electron chi connectivity index (χ1n) is 29.3. The zero-order chi connectivity index (χ0) is 62.0. The molecule has 468 valence electrons. The summed E-state index contributed by atoms with van der Waals surface area (Å²) in [6, 6.07) is 10.4. The SMILES string of the molecule is Cc1sc2c(c1C)C(c1ccc(Cl)cc1)=N[C@@H](CC(=O)NCCOCCOCCOCCOCCOCCOCCN(C)C/C=C/C(=O)N1CCCC(n3nc(C(=O)Nc4ccc(CC(=O)N(C)C)c(C)c4C)c4c(N)ncnc43)C1)c1nnc(C)n1-2. The van der Waals surface area contributed by atoms with Gasteiger partial charge in [0, 0.05) is 79.6 Å². The van der Waals surface area contributed by atoms with Crippen LogP contribution in [-0.4, -0.2) is 212 Å². The third-order valence-electron chi connectivity index (χ3n) is 15.2. The van der Waals surface area contributed by atoms with E-state index in [4.69, 9.17) is 55.8 Å². The van der Waals surface area contributed by atoms with Crippen molar-refractivity contribution in [3.8, 4) is 5.00 Å². The summed E-state index contributed by atoms with van der Waals surface area (Å²) >= 11 is 7.91. The Morgan fingerprint density at radius 2 is 1.46 bits per heavy atom. The van der Waals surface area contributed by atoms with Crippen LogP contribution in [0.25, 0.3) is 16.0 Å². The number of likely N-dealkylation sites (tertiary alicyclic amines) is 1. The maximum atomic E-state index is 13.9. The molecule has 4 aromatic heterocycles. The lowest BCUT2D eigenvalue weighted by Gasteiger charge is -2.32. The third kappa shape index (κ3) is 17.6. The summed E-state index contributed by atoms with van der Waals surface area (Å²) in [6.07, 6.45) is 6.61. The van der Waals surface area contributed by atoms with E-state index in [2.05, 4.69) is 49.5 Å². The van der Waals surface area contributed by atoms with Gasteiger partial charge in [-0.05, 0) is 95.0 Å². The molecular weight excluding hydrogens is 1160 g/mol. The molecule has 1 fully saturated rings. The number of likely N-dealkylation sites (N-methyl/N-ethyl adjacent to an activating group) is 2. The highest BCUT2D eigenvalue weighted by Gasteiger charge is 2.33. The number of nitrogens with two attached hydrogens (primary N) is 1. The van der Waals surface area contributed by atoms with Crippen LogP contribution in [0.5, 0.6) is 0 Å². The minimum Gasteiger partial charge on any atom is -0.383 e. The number of ether oxygens (including phenoxy) is 6. The molecule has 0 bridgehead atoms. The van der Waals surface area contributed by atoms with E-state index < -0.39 is 11.9 Å². The molecule has 0 aliphatic carbocycles. The number of halogens is 1. The molecule has 1 unspecified atom stereocenters. The second-order valence-corrected chi connectivity index (χ2v) is 23.2. The Kier molecular flexibility index (Phi) is 24.4. The predicted molar refractivity (Wildman–Crippen MR) is 333 cm³/mol. The van der Waals surface area contributed by atoms with Gasteiger partial charge in [0.15, 0.2) is 17.2 Å². The number of benzene rings is 2. The predicted octanol–water partition coefficient (Wildman–Crippen LogP) is 5.98. The van der Waals surface area contributed by atoms with Crippen molar-refractivity contribution in [2.45, 2.75) is 72.4 Å². The second-order valence-electron chi connectivity index (χ2n) is 21.6. The minimum atomic E-state index is -0.551. The van der Waals surface area contributed by atoms with Crippen LogP contribution in [-0.2, 0) is 49.2 Å². The molecule has 0 radical (unpaired) electrons. The number of carbonyl (C=O) groups excluding carboxylic acids is 4. The van der Waals surface area contributed by atoms with E-state index in [0.29, 0.717) is 140 Å². The Hall–Kier alpha value is -7.07. The highest BCUT2D eigenvalue weighted by Crippen LogP contribution is 2.40. The van der Waals surface area contributed by atoms with Gasteiger partial charge >= 0.3 is 0 Å². The fourth-order valence-corrected chi connectivity index (χ4v) is 11.4. The van der Waals surface area contributed by atoms with E-state index >= 15 is 0 Å². The number of rotatable bonds is 32. The molecule has 2 aromatic carbocycles. The highest BCUT2D eigenvalue weighted by atomic mass is 35.5. The number of amides is 4. The molecule has 2 aliphatic rings. The summed E-state index contributed by atoms with van der Waals surface area (Å²) < 4.78 is 37.7. The molecule has 4 N–H and O–H groups in total. The zero-order valence-electron chi connectivity index (χ0n) is 51.1. The maximum absolute atomic E-state index is 13.9. The molecule has 24 nitrogen and oxygen atoms in total. The molecule has 2 aliphatic heterocycles. The number of fused-ring (bicyclic) bond motifs is 4. The van der Waals surface area contributed by atoms with Crippen molar-refractivity contribution in [3.63, 3.8) is 0 Å². The van der Waals surface area contributed by atoms with Crippen molar-refractivity contribution in [1.29, 1.82) is 0 Å². The summed E-state index contributed by atoms with van der Waals surface area (Å²) in [5, 5.41) is 21.5. The summed E-state index contributed by atoms with van der Waals surface area (Å²) in [6.45, 7) is 17.5. The van der Waals surface area contributed by atoms with Crippen molar-refractivity contribution >= 4 is 74.8 Å². The lowest BCUT2D eigenvalue weighted by atomic mass is 9.98. The van der Waals surface area contributed by atoms with E-state index in [0.717, 1.165) is 62.8 Å². The van der Waals surface area contributed by atoms with Gasteiger partial charge in [-0.25, -0.2) is 14.6 Å². The van der Waals surface area contributed by atoms with E-state index in [9.17, 15) is 19.2 Å². The average molecular weight is 1240 g/mol. The van der Waals surface area contributed by atoms with Crippen LogP contribution in [0.15, 0.2) is 59.9 Å². The molecule has 6 heterocycles. The number of hydrogen-bond acceptors (Lipinski definition) is 19. The number of anilines is 2. The van der Waals surface area contributed by atoms with Crippen molar-refractivity contribution in [1.82, 2.24) is 54.5 Å². The number of nitrogen functional groups attached to an aromatic ring is 1. The van der Waals surface area contributed by atoms with Crippen molar-refractivity contribution in [2.75, 3.05) is 144 Å². The average Bonchev–Trinajstić information content (AvgIpc) is 1.79. The molecule has 87 heavy (non-hydrogen) atoms. The van der Waals surface area contributed by atoms with Gasteiger partial charge in [-0.2, -0.15) is 5.10 Å². The first-order valence-corrected chi connectivity index (χ1v) is 30.5. The van der Waals surface area contributed by atoms with Crippen LogP contribution < -0.4 is 16.4 Å². The number of aryl methyl sites for hydroxylation is 2. The summed E-state index contributed by atoms with van der Waals surface area (Å²) in [4.78, 5) is 73.3. The first-order chi connectivity index (χ1) is 42.0. The Morgan fingerprint density at radius 1 is 0.805 bits per heavy atom. The standard InChI is InChI=1S/C61H81ClN14O10S/c1-39-40(2)48(18-15-45(39)35-52(79)72(6)7)68-60(80)56-54-57(63)65-38-66-59(54)76(71-56)47-11-9-21-74(37-47)51(78)12-10-20-73(8)22-24-82-26-28-84-30-32-86-34-33-85-31-29-83-27-25-81-23-19-64-50(77)36-49-58-70-69-43(5)75(58)61-53(41(3)42(4)87-61)55(67-49)44-13-16-46(62)17-14-44/h10,12-18,38,47,49H,9,11,19-37H2,1-8H3,(H,64,77)(H,68,80)(H2,63,65,66)/b12-10+/t47?,49-/m0/s1. The molecule has 6 aromatic rings. The van der Waals surface area contributed by atoms with Crippen molar-refractivity contribution in [2.24, 2.45) is 4.99 Å². The maximum Gasteiger partial charge on any atom is 0.277 e. The Bertz CT molecular complexity index is 3380. The molecule has 26 heteroatoms. The fourth-order valence-electron chi connectivity index (χ4n) is 10.1. The van der Waals surface area contributed by atoms with Crippen LogP contribution in [0.1, 0.15) is 91.7 Å². The number of aromatic nitrogens is 7. The number of piperidine rings is 1. The molecule has 8 rings (SSSR count). The van der Waals surface area contributed by atoms with Gasteiger partial charge in [0.05, 0.1) is 109 Å². The van der Waals surface area contributed by atoms with Gasteiger partial charge in [0.1, 0.15) is 29.0 Å². The lowest BCUT2D eigenvalue weighted by Crippen LogP contribution is -2.40. The number of nitrogens with zero attached hydrogens (tertiary/aromatic N) is 11. The van der Waals surface area contributed by atoms with Crippen LogP contribution in [0, 0.1) is 34.6 Å². The lowest BCUT2D eigenvalue weighted by molar-refractivity contribution is -0.128. The molecular formula is C61H81ClN14O10S. The number of aliphatic imine (C=N–C) groups is 1. The number of nitrogens with one attached hydrogen (secondary N) is 2. The zero-order valence-corrected chi connectivity index (χ0v) is 52.6. The van der Waals surface area contributed by atoms with E-state index in [-0.39, 0.29) is 48.1 Å². The highest BCUT2D eigenvalue weighted by molar-refractivity contribution is 7.15. The van der Waals surface area contributed by atoms with Crippen molar-refractivity contribution in [3.05, 3.63) is 116 Å². The van der Waals surface area contributed by atoms with Crippen LogP contribution >= 0.6 is 22.9 Å². The Balaban J connectivity index is 0.622. The summed E-state index contributed by atoms with van der Waals surface area (Å²) in [5.41, 5.74) is 13.9. The van der Waals surface area contributed by atoms with Gasteiger partial charge < -0.3 is 59.5 Å². The van der Waals surface area contributed by atoms with E-state index in [1.54, 1.807) is 52.1 Å². The number of thiophene rings is 1. The minimum absolute atomic E-state index is 0.0135. The van der Waals surface area contributed by atoms with E-state index in [1.807, 2.05) is 68.8 Å². The Labute approximate surface area is 516 Å². The molecule has 2 atom stereocenters. The number of carbonyl (C=O) groups is 4. The third-order valence-corrected chi connectivity index (χ3v) is 16.7. The molecule has 0 saturated carbocycles. The molecule has 0 spiro atoms. The number of hydrogen-bond donors (Lipinski definition) is 3. The fraction of sp³-hybridized carbons (Fsp3) is 0.508. The second kappa shape index (κ2) is 32.2.